The van der Waals surface area contributed by atoms with Gasteiger partial charge >= 0.3 is 0 Å². The largest absolute Gasteiger partial charge is 0.355 e. The number of amides is 1. The van der Waals surface area contributed by atoms with Crippen LogP contribution < -0.4 is 10.2 Å². The number of carbonyl (C=O) groups is 2. The molecular weight excluding hydrogens is 552 g/mol. The summed E-state index contributed by atoms with van der Waals surface area (Å²) < 4.78 is 0. The summed E-state index contributed by atoms with van der Waals surface area (Å²) in [4.78, 5) is 29.3. The number of halogens is 1. The Balaban J connectivity index is 2.54. The summed E-state index contributed by atoms with van der Waals surface area (Å²) in [5.74, 6) is 5.20. The Bertz CT molecular complexity index is 758. The molecule has 38 heavy (non-hydrogen) atoms. The van der Waals surface area contributed by atoms with E-state index in [0.29, 0.717) is 5.78 Å². The fourth-order valence-electron chi connectivity index (χ4n) is 4.40. The standard InChI is InChI=1S/C30H51ClN2O2S3/c1-6-24(7-2)11-10-17-32-30(35)28(22-37-20-18-33-31)38-27-14-12-25(13-15-27)16-19-36-21-23(5)29(34)26(8-3)9-4/h12-15,23-24,26,28,33H,6-11,16-22H2,1-5H3,(H,32,35). The number of hydrogen-bond donors (Lipinski definition) is 2. The highest BCUT2D eigenvalue weighted by Gasteiger charge is 2.21. The molecule has 2 N–H and O–H groups in total. The highest BCUT2D eigenvalue weighted by Crippen LogP contribution is 2.27. The first kappa shape index (κ1) is 35.7. The summed E-state index contributed by atoms with van der Waals surface area (Å²) in [6.07, 6.45) is 7.51. The lowest BCUT2D eigenvalue weighted by molar-refractivity contribution is -0.125. The van der Waals surface area contributed by atoms with E-state index in [4.69, 9.17) is 11.8 Å². The Hall–Kier alpha value is -0.340. The summed E-state index contributed by atoms with van der Waals surface area (Å²) in [5.41, 5.74) is 1.30. The van der Waals surface area contributed by atoms with Crippen molar-refractivity contribution in [3.63, 3.8) is 0 Å². The molecule has 1 rings (SSSR count). The van der Waals surface area contributed by atoms with E-state index in [9.17, 15) is 9.59 Å². The molecule has 2 atom stereocenters. The molecule has 0 aliphatic carbocycles. The van der Waals surface area contributed by atoms with Crippen molar-refractivity contribution in [2.24, 2.45) is 17.8 Å². The van der Waals surface area contributed by atoms with Gasteiger partial charge in [0, 0.05) is 47.1 Å². The first-order chi connectivity index (χ1) is 18.4. The third-order valence-corrected chi connectivity index (χ3v) is 11.0. The molecule has 0 fully saturated rings. The fraction of sp³-hybridized carbons (Fsp3) is 0.733. The molecule has 0 radical (unpaired) electrons. The number of hydrogen-bond acceptors (Lipinski definition) is 6. The Morgan fingerprint density at radius 1 is 0.895 bits per heavy atom. The van der Waals surface area contributed by atoms with Crippen molar-refractivity contribution >= 4 is 58.8 Å². The van der Waals surface area contributed by atoms with Crippen molar-refractivity contribution in [2.45, 2.75) is 89.7 Å². The molecule has 0 aromatic heterocycles. The van der Waals surface area contributed by atoms with Crippen molar-refractivity contribution in [1.29, 1.82) is 0 Å². The fourth-order valence-corrected chi connectivity index (χ4v) is 7.82. The van der Waals surface area contributed by atoms with Crippen LogP contribution >= 0.6 is 47.1 Å². The predicted molar refractivity (Wildman–Crippen MR) is 173 cm³/mol. The van der Waals surface area contributed by atoms with Crippen molar-refractivity contribution in [1.82, 2.24) is 10.2 Å². The first-order valence-corrected chi connectivity index (χ1v) is 18.0. The highest BCUT2D eigenvalue weighted by molar-refractivity contribution is 8.04. The average Bonchev–Trinajstić information content (AvgIpc) is 2.94. The summed E-state index contributed by atoms with van der Waals surface area (Å²) in [5, 5.41) is 3.06. The van der Waals surface area contributed by atoms with Crippen LogP contribution in [-0.2, 0) is 16.0 Å². The number of ketones is 1. The van der Waals surface area contributed by atoms with E-state index in [1.165, 1.54) is 24.8 Å². The molecule has 2 unspecified atom stereocenters. The van der Waals surface area contributed by atoms with Crippen molar-refractivity contribution in [3.8, 4) is 0 Å². The zero-order valence-corrected chi connectivity index (χ0v) is 27.4. The van der Waals surface area contributed by atoms with E-state index in [0.717, 1.165) is 72.6 Å². The van der Waals surface area contributed by atoms with Crippen LogP contribution in [0.15, 0.2) is 29.2 Å². The van der Waals surface area contributed by atoms with Gasteiger partial charge in [0.15, 0.2) is 0 Å². The lowest BCUT2D eigenvalue weighted by Gasteiger charge is -2.18. The van der Waals surface area contributed by atoms with Crippen molar-refractivity contribution in [2.75, 3.05) is 36.1 Å². The molecule has 4 nitrogen and oxygen atoms in total. The molecule has 0 saturated carbocycles. The van der Waals surface area contributed by atoms with E-state index in [1.807, 2.05) is 11.8 Å². The molecule has 1 aromatic rings. The maximum atomic E-state index is 13.0. The van der Waals surface area contributed by atoms with Gasteiger partial charge in [-0.2, -0.15) is 23.5 Å². The average molecular weight is 603 g/mol. The quantitative estimate of drug-likeness (QED) is 0.0755. The Kier molecular flexibility index (Phi) is 21.0. The maximum absolute atomic E-state index is 13.0. The SMILES string of the molecule is CCC(CC)CCCNC(=O)C(CSCCNCl)Sc1ccc(CCSCC(C)C(=O)C(CC)CC)cc1. The van der Waals surface area contributed by atoms with Gasteiger partial charge in [0.05, 0.1) is 5.25 Å². The molecule has 8 heteroatoms. The van der Waals surface area contributed by atoms with Crippen molar-refractivity contribution in [3.05, 3.63) is 29.8 Å². The van der Waals surface area contributed by atoms with E-state index in [1.54, 1.807) is 23.5 Å². The minimum Gasteiger partial charge on any atom is -0.355 e. The van der Waals surface area contributed by atoms with E-state index in [2.05, 4.69) is 69.0 Å². The van der Waals surface area contributed by atoms with Gasteiger partial charge in [-0.05, 0) is 73.2 Å². The van der Waals surface area contributed by atoms with Gasteiger partial charge in [-0.1, -0.05) is 59.6 Å². The number of aryl methyl sites for hydroxylation is 1. The van der Waals surface area contributed by atoms with Crippen LogP contribution in [0.1, 0.15) is 78.7 Å². The maximum Gasteiger partial charge on any atom is 0.234 e. The zero-order valence-electron chi connectivity index (χ0n) is 24.2. The number of thioether (sulfide) groups is 3. The van der Waals surface area contributed by atoms with Crippen LogP contribution in [0.2, 0.25) is 0 Å². The second kappa shape index (κ2) is 22.4. The smallest absolute Gasteiger partial charge is 0.234 e. The molecule has 0 saturated heterocycles. The molecule has 0 aliphatic rings. The van der Waals surface area contributed by atoms with Gasteiger partial charge < -0.3 is 5.32 Å². The first-order valence-electron chi connectivity index (χ1n) is 14.5. The van der Waals surface area contributed by atoms with Crippen LogP contribution in [0.3, 0.4) is 0 Å². The summed E-state index contributed by atoms with van der Waals surface area (Å²) in [7, 11) is 0. The molecule has 1 amide bonds. The molecule has 0 aliphatic heterocycles. The Morgan fingerprint density at radius 3 is 2.16 bits per heavy atom. The lowest BCUT2D eigenvalue weighted by Crippen LogP contribution is -2.35. The second-order valence-corrected chi connectivity index (χ2v) is 13.8. The summed E-state index contributed by atoms with van der Waals surface area (Å²) in [6.45, 7) is 12.2. The van der Waals surface area contributed by atoms with Gasteiger partial charge in [0.2, 0.25) is 5.91 Å². The summed E-state index contributed by atoms with van der Waals surface area (Å²) in [6, 6.07) is 8.64. The van der Waals surface area contributed by atoms with E-state index < -0.39 is 0 Å². The lowest BCUT2D eigenvalue weighted by atomic mass is 9.91. The number of carbonyl (C=O) groups excluding carboxylic acids is 2. The number of Topliss-reactive ketones (excluding diaryl/α,β-unsaturated/α-hetero) is 1. The van der Waals surface area contributed by atoms with Gasteiger partial charge in [0.25, 0.3) is 0 Å². The van der Waals surface area contributed by atoms with Gasteiger partial charge in [-0.3, -0.25) is 9.59 Å². The zero-order chi connectivity index (χ0) is 28.2. The monoisotopic (exact) mass is 602 g/mol. The van der Waals surface area contributed by atoms with Gasteiger partial charge in [0.1, 0.15) is 5.78 Å². The number of benzene rings is 1. The third kappa shape index (κ3) is 14.9. The van der Waals surface area contributed by atoms with Crippen LogP contribution in [0, 0.1) is 17.8 Å². The molecular formula is C30H51ClN2O2S3. The Morgan fingerprint density at radius 2 is 1.55 bits per heavy atom. The minimum atomic E-state index is -0.126. The highest BCUT2D eigenvalue weighted by atomic mass is 35.5. The number of nitrogens with one attached hydrogen (secondary N) is 2. The molecule has 1 aromatic carbocycles. The van der Waals surface area contributed by atoms with E-state index >= 15 is 0 Å². The number of rotatable bonds is 23. The van der Waals surface area contributed by atoms with Crippen LogP contribution in [0.5, 0.6) is 0 Å². The topological polar surface area (TPSA) is 58.2 Å². The van der Waals surface area contributed by atoms with Crippen LogP contribution in [0.4, 0.5) is 0 Å². The van der Waals surface area contributed by atoms with Gasteiger partial charge in [-0.15, -0.1) is 11.8 Å². The molecule has 0 spiro atoms. The summed E-state index contributed by atoms with van der Waals surface area (Å²) >= 11 is 10.9. The van der Waals surface area contributed by atoms with E-state index in [-0.39, 0.29) is 23.0 Å². The molecule has 218 valence electrons. The van der Waals surface area contributed by atoms with Crippen molar-refractivity contribution < 1.29 is 9.59 Å². The molecule has 0 bridgehead atoms. The third-order valence-electron chi connectivity index (χ3n) is 7.12. The van der Waals surface area contributed by atoms with Crippen LogP contribution in [0.25, 0.3) is 0 Å². The minimum absolute atomic E-state index is 0.126. The van der Waals surface area contributed by atoms with Gasteiger partial charge in [-0.25, -0.2) is 4.84 Å². The molecule has 0 heterocycles. The second-order valence-electron chi connectivity index (χ2n) is 9.97. The van der Waals surface area contributed by atoms with Crippen LogP contribution in [-0.4, -0.2) is 53.0 Å². The predicted octanol–water partition coefficient (Wildman–Crippen LogP) is 7.87. The normalized spacial score (nSPS) is 13.2. The Labute approximate surface area is 250 Å².